The maximum absolute atomic E-state index is 12.1. The van der Waals surface area contributed by atoms with Crippen molar-refractivity contribution >= 4 is 5.97 Å². The average molecular weight is 324 g/mol. The van der Waals surface area contributed by atoms with Gasteiger partial charge in [0.1, 0.15) is 12.4 Å². The average Bonchev–Trinajstić information content (AvgIpc) is 2.61. The number of hydrogen-bond acceptors (Lipinski definition) is 3. The fraction of sp³-hybridized carbons (Fsp3) is 0.286. The van der Waals surface area contributed by atoms with Crippen molar-refractivity contribution in [3.05, 3.63) is 78.4 Å². The number of esters is 1. The quantitative estimate of drug-likeness (QED) is 0.363. The number of rotatable bonds is 9. The third-order valence-electron chi connectivity index (χ3n) is 3.67. The standard InChI is InChI=1S/C21H24O3/c1-3-4-6-9-17(2)24-21(22)19-12-14-20(15-13-19)23-16-18-10-7-5-8-11-18/h3,5,7-8,10-15,17H,1,4,6,9,16H2,2H3. The highest BCUT2D eigenvalue weighted by Gasteiger charge is 2.11. The van der Waals surface area contributed by atoms with Crippen LogP contribution in [0.15, 0.2) is 67.3 Å². The maximum atomic E-state index is 12.1. The molecular formula is C21H24O3. The van der Waals surface area contributed by atoms with E-state index in [4.69, 9.17) is 9.47 Å². The predicted octanol–water partition coefficient (Wildman–Crippen LogP) is 5.17. The summed E-state index contributed by atoms with van der Waals surface area (Å²) in [7, 11) is 0. The molecule has 2 aromatic carbocycles. The Kier molecular flexibility index (Phi) is 7.09. The van der Waals surface area contributed by atoms with Crippen molar-refractivity contribution in [1.29, 1.82) is 0 Å². The van der Waals surface area contributed by atoms with Crippen LogP contribution in [0.5, 0.6) is 5.75 Å². The highest BCUT2D eigenvalue weighted by molar-refractivity contribution is 5.89. The first-order valence-corrected chi connectivity index (χ1v) is 8.27. The molecule has 0 aliphatic rings. The molecule has 0 amide bonds. The molecule has 0 aromatic heterocycles. The maximum Gasteiger partial charge on any atom is 0.338 e. The Morgan fingerprint density at radius 3 is 2.50 bits per heavy atom. The van der Waals surface area contributed by atoms with Crippen LogP contribution in [0.2, 0.25) is 0 Å². The molecule has 0 saturated heterocycles. The Morgan fingerprint density at radius 1 is 1.12 bits per heavy atom. The van der Waals surface area contributed by atoms with Gasteiger partial charge in [0.25, 0.3) is 0 Å². The van der Waals surface area contributed by atoms with E-state index in [9.17, 15) is 4.79 Å². The lowest BCUT2D eigenvalue weighted by atomic mass is 10.1. The molecule has 0 N–H and O–H groups in total. The number of carbonyl (C=O) groups excluding carboxylic acids is 1. The van der Waals surface area contributed by atoms with E-state index in [2.05, 4.69) is 6.58 Å². The summed E-state index contributed by atoms with van der Waals surface area (Å²) in [6.45, 7) is 6.11. The lowest BCUT2D eigenvalue weighted by Crippen LogP contribution is -2.14. The molecule has 3 nitrogen and oxygen atoms in total. The number of allylic oxidation sites excluding steroid dienone is 1. The molecule has 0 fully saturated rings. The third-order valence-corrected chi connectivity index (χ3v) is 3.67. The van der Waals surface area contributed by atoms with Crippen molar-refractivity contribution in [3.63, 3.8) is 0 Å². The molecule has 0 aliphatic heterocycles. The first-order chi connectivity index (χ1) is 11.7. The first-order valence-electron chi connectivity index (χ1n) is 8.27. The minimum absolute atomic E-state index is 0.0912. The van der Waals surface area contributed by atoms with Gasteiger partial charge in [-0.3, -0.25) is 0 Å². The fourth-order valence-electron chi connectivity index (χ4n) is 2.29. The molecule has 0 heterocycles. The summed E-state index contributed by atoms with van der Waals surface area (Å²) in [5.74, 6) is 0.435. The summed E-state index contributed by atoms with van der Waals surface area (Å²) in [5, 5.41) is 0. The summed E-state index contributed by atoms with van der Waals surface area (Å²) in [6.07, 6.45) is 4.55. The van der Waals surface area contributed by atoms with Crippen LogP contribution < -0.4 is 4.74 Å². The van der Waals surface area contributed by atoms with E-state index in [1.807, 2.05) is 43.3 Å². The lowest BCUT2D eigenvalue weighted by molar-refractivity contribution is 0.0321. The van der Waals surface area contributed by atoms with E-state index < -0.39 is 0 Å². The van der Waals surface area contributed by atoms with Crippen LogP contribution in [0.25, 0.3) is 0 Å². The Bertz CT molecular complexity index is 632. The van der Waals surface area contributed by atoms with E-state index in [-0.39, 0.29) is 12.1 Å². The monoisotopic (exact) mass is 324 g/mol. The molecule has 1 unspecified atom stereocenters. The zero-order valence-corrected chi connectivity index (χ0v) is 14.1. The zero-order valence-electron chi connectivity index (χ0n) is 14.1. The summed E-state index contributed by atoms with van der Waals surface area (Å²) in [4.78, 5) is 12.1. The third kappa shape index (κ3) is 5.92. The van der Waals surface area contributed by atoms with E-state index in [0.29, 0.717) is 12.2 Å². The van der Waals surface area contributed by atoms with Gasteiger partial charge in [-0.25, -0.2) is 4.79 Å². The largest absolute Gasteiger partial charge is 0.489 e. The Balaban J connectivity index is 1.82. The molecule has 2 aromatic rings. The minimum atomic E-state index is -0.296. The summed E-state index contributed by atoms with van der Waals surface area (Å²) in [5.41, 5.74) is 1.65. The van der Waals surface area contributed by atoms with Crippen LogP contribution in [0.1, 0.15) is 42.1 Å². The highest BCUT2D eigenvalue weighted by Crippen LogP contribution is 2.16. The van der Waals surface area contributed by atoms with Gasteiger partial charge in [-0.2, -0.15) is 0 Å². The number of carbonyl (C=O) groups is 1. The summed E-state index contributed by atoms with van der Waals surface area (Å²) < 4.78 is 11.1. The molecule has 0 saturated carbocycles. The molecule has 126 valence electrons. The van der Waals surface area contributed by atoms with Gasteiger partial charge in [-0.05, 0) is 56.0 Å². The smallest absolute Gasteiger partial charge is 0.338 e. The topological polar surface area (TPSA) is 35.5 Å². The summed E-state index contributed by atoms with van der Waals surface area (Å²) in [6, 6.07) is 17.0. The number of hydrogen-bond donors (Lipinski definition) is 0. The molecule has 2 rings (SSSR count). The Hall–Kier alpha value is -2.55. The fourth-order valence-corrected chi connectivity index (χ4v) is 2.29. The van der Waals surface area contributed by atoms with Crippen LogP contribution in [0, 0.1) is 0 Å². The number of unbranched alkanes of at least 4 members (excludes halogenated alkanes) is 1. The van der Waals surface area contributed by atoms with Crippen molar-refractivity contribution in [2.45, 2.75) is 38.9 Å². The van der Waals surface area contributed by atoms with Gasteiger partial charge in [-0.1, -0.05) is 36.4 Å². The van der Waals surface area contributed by atoms with Gasteiger partial charge >= 0.3 is 5.97 Å². The van der Waals surface area contributed by atoms with Gasteiger partial charge in [0.05, 0.1) is 11.7 Å². The van der Waals surface area contributed by atoms with Crippen LogP contribution in [0.3, 0.4) is 0 Å². The predicted molar refractivity (Wildman–Crippen MR) is 96.1 cm³/mol. The Labute approximate surface area is 143 Å². The second-order valence-electron chi connectivity index (χ2n) is 5.73. The first kappa shape index (κ1) is 17.8. The highest BCUT2D eigenvalue weighted by atomic mass is 16.5. The van der Waals surface area contributed by atoms with E-state index >= 15 is 0 Å². The van der Waals surface area contributed by atoms with Gasteiger partial charge in [0.15, 0.2) is 0 Å². The van der Waals surface area contributed by atoms with Gasteiger partial charge in [-0.15, -0.1) is 6.58 Å². The zero-order chi connectivity index (χ0) is 17.2. The second kappa shape index (κ2) is 9.56. The number of ether oxygens (including phenoxy) is 2. The van der Waals surface area contributed by atoms with Crippen molar-refractivity contribution in [2.24, 2.45) is 0 Å². The van der Waals surface area contributed by atoms with Crippen LogP contribution in [0.4, 0.5) is 0 Å². The Morgan fingerprint density at radius 2 is 1.83 bits per heavy atom. The van der Waals surface area contributed by atoms with Crippen molar-refractivity contribution < 1.29 is 14.3 Å². The molecule has 0 spiro atoms. The van der Waals surface area contributed by atoms with Crippen molar-refractivity contribution in [3.8, 4) is 5.75 Å². The summed E-state index contributed by atoms with van der Waals surface area (Å²) >= 11 is 0. The van der Waals surface area contributed by atoms with Crippen LogP contribution in [-0.2, 0) is 11.3 Å². The molecular weight excluding hydrogens is 300 g/mol. The molecule has 1 atom stereocenters. The molecule has 24 heavy (non-hydrogen) atoms. The van der Waals surface area contributed by atoms with Gasteiger partial charge in [0, 0.05) is 0 Å². The van der Waals surface area contributed by atoms with Gasteiger partial charge in [0.2, 0.25) is 0 Å². The van der Waals surface area contributed by atoms with Gasteiger partial charge < -0.3 is 9.47 Å². The molecule has 0 radical (unpaired) electrons. The minimum Gasteiger partial charge on any atom is -0.489 e. The van der Waals surface area contributed by atoms with Crippen molar-refractivity contribution in [2.75, 3.05) is 0 Å². The van der Waals surface area contributed by atoms with E-state index in [1.165, 1.54) is 0 Å². The molecule has 0 aliphatic carbocycles. The lowest BCUT2D eigenvalue weighted by Gasteiger charge is -2.13. The molecule has 0 bridgehead atoms. The normalized spacial score (nSPS) is 11.5. The number of benzene rings is 2. The molecule has 3 heteroatoms. The van der Waals surface area contributed by atoms with E-state index in [1.54, 1.807) is 24.3 Å². The second-order valence-corrected chi connectivity index (χ2v) is 5.73. The van der Waals surface area contributed by atoms with Crippen molar-refractivity contribution in [1.82, 2.24) is 0 Å². The van der Waals surface area contributed by atoms with Crippen LogP contribution in [-0.4, -0.2) is 12.1 Å². The SMILES string of the molecule is C=CCCCC(C)OC(=O)c1ccc(OCc2ccccc2)cc1. The van der Waals surface area contributed by atoms with Crippen LogP contribution >= 0.6 is 0 Å². The van der Waals surface area contributed by atoms with E-state index in [0.717, 1.165) is 30.6 Å².